The summed E-state index contributed by atoms with van der Waals surface area (Å²) in [5.41, 5.74) is 1.62. The number of hydrogen-bond donors (Lipinski definition) is 0. The molecule has 0 bridgehead atoms. The number of rotatable bonds is 3. The lowest BCUT2D eigenvalue weighted by Crippen LogP contribution is -2.22. The monoisotopic (exact) mass is 204 g/mol. The van der Waals surface area contributed by atoms with Crippen LogP contribution in [0.1, 0.15) is 0 Å². The first-order valence-electron chi connectivity index (χ1n) is 4.53. The molecule has 5 nitrogen and oxygen atoms in total. The second kappa shape index (κ2) is 3.61. The van der Waals surface area contributed by atoms with E-state index in [0.717, 1.165) is 11.0 Å². The number of benzene rings is 1. The highest BCUT2D eigenvalue weighted by Gasteiger charge is 2.06. The number of aromatic nitrogens is 3. The third kappa shape index (κ3) is 1.76. The minimum Gasteiger partial charge on any atom is -0.347 e. The van der Waals surface area contributed by atoms with E-state index in [9.17, 15) is 0 Å². The van der Waals surface area contributed by atoms with Gasteiger partial charge >= 0.3 is 0 Å². The molecule has 0 radical (unpaired) electrons. The Bertz CT molecular complexity index is 489. The largest absolute Gasteiger partial charge is 0.347 e. The topological polar surface area (TPSA) is 43.2 Å². The molecule has 78 valence electrons. The molecule has 2 aromatic rings. The van der Waals surface area contributed by atoms with Crippen LogP contribution in [-0.4, -0.2) is 34.2 Å². The second-order valence-corrected chi connectivity index (χ2v) is 3.33. The van der Waals surface area contributed by atoms with Crippen molar-refractivity contribution in [2.24, 2.45) is 0 Å². The molecule has 1 heterocycles. The average Bonchev–Trinajstić information content (AvgIpc) is 2.62. The molecule has 5 heteroatoms. The van der Waals surface area contributed by atoms with E-state index in [1.54, 1.807) is 4.90 Å². The summed E-state index contributed by atoms with van der Waals surface area (Å²) in [6.07, 6.45) is 0. The Labute approximate surface area is 87.5 Å². The van der Waals surface area contributed by atoms with E-state index >= 15 is 0 Å². The average molecular weight is 204 g/mol. The summed E-state index contributed by atoms with van der Waals surface area (Å²) in [5, 5.41) is 7.83. The van der Waals surface area contributed by atoms with Crippen LogP contribution in [-0.2, 0) is 0 Å². The van der Waals surface area contributed by atoms with Crippen LogP contribution in [0.3, 0.4) is 0 Å². The van der Waals surface area contributed by atoms with Gasteiger partial charge in [0.15, 0.2) is 0 Å². The molecule has 0 saturated carbocycles. The van der Waals surface area contributed by atoms with Gasteiger partial charge in [0.25, 0.3) is 0 Å². The van der Waals surface area contributed by atoms with Crippen LogP contribution in [0.5, 0.6) is 0 Å². The summed E-state index contributed by atoms with van der Waals surface area (Å²) in [5.74, 6) is 0.505. The van der Waals surface area contributed by atoms with Crippen LogP contribution in [0.2, 0.25) is 0 Å². The van der Waals surface area contributed by atoms with Crippen LogP contribution in [0, 0.1) is 0 Å². The molecule has 0 atom stereocenters. The van der Waals surface area contributed by atoms with Crippen molar-refractivity contribution >= 4 is 11.0 Å². The van der Waals surface area contributed by atoms with E-state index in [4.69, 9.17) is 4.84 Å². The van der Waals surface area contributed by atoms with Crippen LogP contribution < -0.4 is 4.84 Å². The Balaban J connectivity index is 2.33. The van der Waals surface area contributed by atoms with E-state index in [1.165, 1.54) is 4.85 Å². The summed E-state index contributed by atoms with van der Waals surface area (Å²) >= 11 is 0. The van der Waals surface area contributed by atoms with Gasteiger partial charge in [-0.1, -0.05) is 17.0 Å². The SMILES string of the molecule is C=C(On1nnc2ccccc21)N(C)C. The lowest BCUT2D eigenvalue weighted by Gasteiger charge is -2.14. The zero-order valence-corrected chi connectivity index (χ0v) is 8.71. The fourth-order valence-electron chi connectivity index (χ4n) is 1.10. The zero-order chi connectivity index (χ0) is 10.8. The van der Waals surface area contributed by atoms with Crippen molar-refractivity contribution in [1.29, 1.82) is 0 Å². The molecule has 0 spiro atoms. The van der Waals surface area contributed by atoms with Crippen molar-refractivity contribution < 1.29 is 4.84 Å². The molecule has 0 amide bonds. The van der Waals surface area contributed by atoms with Gasteiger partial charge in [-0.15, -0.1) is 5.10 Å². The highest BCUT2D eigenvalue weighted by atomic mass is 16.7. The lowest BCUT2D eigenvalue weighted by molar-refractivity contribution is 0.0998. The third-order valence-electron chi connectivity index (χ3n) is 2.01. The highest BCUT2D eigenvalue weighted by Crippen LogP contribution is 2.09. The Hall–Kier alpha value is -2.04. The fraction of sp³-hybridized carbons (Fsp3) is 0.200. The molecule has 0 unspecified atom stereocenters. The van der Waals surface area contributed by atoms with Gasteiger partial charge < -0.3 is 9.74 Å². The Morgan fingerprint density at radius 2 is 2.13 bits per heavy atom. The second-order valence-electron chi connectivity index (χ2n) is 3.33. The smallest absolute Gasteiger partial charge is 0.217 e. The van der Waals surface area contributed by atoms with Gasteiger partial charge in [-0.05, 0) is 23.9 Å². The molecule has 0 aliphatic heterocycles. The number of nitrogens with zero attached hydrogens (tertiary/aromatic N) is 4. The number of fused-ring (bicyclic) bond motifs is 1. The van der Waals surface area contributed by atoms with Crippen LogP contribution in [0.15, 0.2) is 36.7 Å². The maximum absolute atomic E-state index is 5.40. The van der Waals surface area contributed by atoms with E-state index in [1.807, 2.05) is 38.4 Å². The van der Waals surface area contributed by atoms with Crippen molar-refractivity contribution in [3.63, 3.8) is 0 Å². The molecule has 0 N–H and O–H groups in total. The molecule has 0 saturated heterocycles. The summed E-state index contributed by atoms with van der Waals surface area (Å²) in [6.45, 7) is 3.75. The maximum Gasteiger partial charge on any atom is 0.217 e. The molecule has 15 heavy (non-hydrogen) atoms. The Morgan fingerprint density at radius 3 is 2.87 bits per heavy atom. The number of para-hydroxylation sites is 1. The Morgan fingerprint density at radius 1 is 1.40 bits per heavy atom. The molecule has 0 fully saturated rings. The maximum atomic E-state index is 5.40. The predicted molar refractivity (Wildman–Crippen MR) is 56.9 cm³/mol. The van der Waals surface area contributed by atoms with Gasteiger partial charge in [-0.3, -0.25) is 0 Å². The summed E-state index contributed by atoms with van der Waals surface area (Å²) in [6, 6.07) is 7.57. The van der Waals surface area contributed by atoms with Crippen LogP contribution >= 0.6 is 0 Å². The molecule has 0 aliphatic rings. The summed E-state index contributed by atoms with van der Waals surface area (Å²) < 4.78 is 0. The molecule has 0 aliphatic carbocycles. The normalized spacial score (nSPS) is 10.3. The molecular formula is C10H12N4O. The first-order valence-corrected chi connectivity index (χ1v) is 4.53. The van der Waals surface area contributed by atoms with Gasteiger partial charge in [0, 0.05) is 14.1 Å². The minimum atomic E-state index is 0.505. The summed E-state index contributed by atoms with van der Waals surface area (Å²) in [7, 11) is 3.70. The third-order valence-corrected chi connectivity index (χ3v) is 2.01. The van der Waals surface area contributed by atoms with Crippen LogP contribution in [0.25, 0.3) is 11.0 Å². The van der Waals surface area contributed by atoms with Crippen molar-refractivity contribution in [3.05, 3.63) is 36.7 Å². The van der Waals surface area contributed by atoms with Gasteiger partial charge in [-0.2, -0.15) is 0 Å². The lowest BCUT2D eigenvalue weighted by atomic mass is 10.3. The fourth-order valence-corrected chi connectivity index (χ4v) is 1.10. The van der Waals surface area contributed by atoms with E-state index in [0.29, 0.717) is 5.88 Å². The van der Waals surface area contributed by atoms with Gasteiger partial charge in [0.2, 0.25) is 5.88 Å². The summed E-state index contributed by atoms with van der Waals surface area (Å²) in [4.78, 5) is 8.52. The molecule has 1 aromatic carbocycles. The molecule has 2 rings (SSSR count). The highest BCUT2D eigenvalue weighted by molar-refractivity contribution is 5.73. The Kier molecular flexibility index (Phi) is 2.29. The minimum absolute atomic E-state index is 0.505. The quantitative estimate of drug-likeness (QED) is 0.696. The van der Waals surface area contributed by atoms with E-state index < -0.39 is 0 Å². The van der Waals surface area contributed by atoms with Gasteiger partial charge in [0.05, 0.1) is 0 Å². The number of hydrogen-bond acceptors (Lipinski definition) is 4. The van der Waals surface area contributed by atoms with E-state index in [-0.39, 0.29) is 0 Å². The van der Waals surface area contributed by atoms with Gasteiger partial charge in [-0.25, -0.2) is 0 Å². The van der Waals surface area contributed by atoms with Gasteiger partial charge in [0.1, 0.15) is 11.0 Å². The molecular weight excluding hydrogens is 192 g/mol. The first kappa shape index (κ1) is 9.51. The zero-order valence-electron chi connectivity index (χ0n) is 8.71. The molecule has 1 aromatic heterocycles. The first-order chi connectivity index (χ1) is 7.18. The van der Waals surface area contributed by atoms with E-state index in [2.05, 4.69) is 16.9 Å². The van der Waals surface area contributed by atoms with Crippen molar-refractivity contribution in [2.75, 3.05) is 14.1 Å². The van der Waals surface area contributed by atoms with Crippen molar-refractivity contribution in [1.82, 2.24) is 20.1 Å². The van der Waals surface area contributed by atoms with Crippen molar-refractivity contribution in [3.8, 4) is 0 Å². The predicted octanol–water partition coefficient (Wildman–Crippen LogP) is 0.893. The van der Waals surface area contributed by atoms with Crippen molar-refractivity contribution in [2.45, 2.75) is 0 Å². The standard InChI is InChI=1S/C10H12N4O/c1-8(13(2)3)15-14-10-7-5-4-6-9(10)11-12-14/h4-7H,1H2,2-3H3. The van der Waals surface area contributed by atoms with Crippen LogP contribution in [0.4, 0.5) is 0 Å².